The summed E-state index contributed by atoms with van der Waals surface area (Å²) in [5.74, 6) is 1.88. The van der Waals surface area contributed by atoms with Gasteiger partial charge in [0.1, 0.15) is 5.82 Å². The maximum atomic E-state index is 13.0. The van der Waals surface area contributed by atoms with Crippen LogP contribution in [-0.4, -0.2) is 56.9 Å². The quantitative estimate of drug-likeness (QED) is 0.734. The van der Waals surface area contributed by atoms with Crippen molar-refractivity contribution in [3.63, 3.8) is 0 Å². The number of pyridine rings is 1. The van der Waals surface area contributed by atoms with Gasteiger partial charge >= 0.3 is 0 Å². The number of aromatic amines is 1. The lowest BCUT2D eigenvalue weighted by Gasteiger charge is -2.36. The van der Waals surface area contributed by atoms with Crippen molar-refractivity contribution < 1.29 is 9.21 Å². The number of rotatable bonds is 3. The summed E-state index contributed by atoms with van der Waals surface area (Å²) in [6, 6.07) is 4.46. The molecule has 0 spiro atoms. The summed E-state index contributed by atoms with van der Waals surface area (Å²) >= 11 is 0. The molecule has 29 heavy (non-hydrogen) atoms. The zero-order valence-electron chi connectivity index (χ0n) is 16.7. The van der Waals surface area contributed by atoms with E-state index in [1.165, 1.54) is 0 Å². The number of hydrogen-bond acceptors (Lipinski definition) is 6. The molecule has 0 saturated carbocycles. The van der Waals surface area contributed by atoms with E-state index in [9.17, 15) is 4.79 Å². The van der Waals surface area contributed by atoms with Gasteiger partial charge in [0, 0.05) is 56.1 Å². The molecule has 0 radical (unpaired) electrons. The summed E-state index contributed by atoms with van der Waals surface area (Å²) in [5, 5.41) is 0. The summed E-state index contributed by atoms with van der Waals surface area (Å²) in [6.45, 7) is 5.15. The molecule has 2 aliphatic heterocycles. The number of aryl methyl sites for hydroxylation is 1. The van der Waals surface area contributed by atoms with Gasteiger partial charge in [-0.1, -0.05) is 0 Å². The number of piperidine rings is 2. The van der Waals surface area contributed by atoms with Crippen molar-refractivity contribution in [3.05, 3.63) is 36.0 Å². The van der Waals surface area contributed by atoms with Crippen molar-refractivity contribution in [2.24, 2.45) is 5.92 Å². The van der Waals surface area contributed by atoms with Gasteiger partial charge in [-0.25, -0.2) is 9.97 Å². The summed E-state index contributed by atoms with van der Waals surface area (Å²) < 4.78 is 5.87. The zero-order valence-corrected chi connectivity index (χ0v) is 16.7. The van der Waals surface area contributed by atoms with E-state index in [4.69, 9.17) is 4.42 Å². The lowest BCUT2D eigenvalue weighted by atomic mass is 9.92. The van der Waals surface area contributed by atoms with Gasteiger partial charge in [0.15, 0.2) is 5.58 Å². The van der Waals surface area contributed by atoms with Crippen LogP contribution in [0.2, 0.25) is 0 Å². The van der Waals surface area contributed by atoms with Crippen LogP contribution in [0.25, 0.3) is 11.2 Å². The highest BCUT2D eigenvalue weighted by Gasteiger charge is 2.32. The monoisotopic (exact) mass is 394 g/mol. The van der Waals surface area contributed by atoms with E-state index in [1.54, 1.807) is 6.20 Å². The van der Waals surface area contributed by atoms with E-state index in [0.29, 0.717) is 29.1 Å². The van der Waals surface area contributed by atoms with Gasteiger partial charge in [0.2, 0.25) is 11.6 Å². The zero-order chi connectivity index (χ0) is 19.8. The fourth-order valence-electron chi connectivity index (χ4n) is 4.49. The average molecular weight is 394 g/mol. The Balaban J connectivity index is 1.16. The highest BCUT2D eigenvalue weighted by atomic mass is 16.4. The van der Waals surface area contributed by atoms with Crippen molar-refractivity contribution in [1.82, 2.24) is 24.8 Å². The predicted octanol–water partition coefficient (Wildman–Crippen LogP) is 2.88. The molecule has 0 unspecified atom stereocenters. The van der Waals surface area contributed by atoms with Gasteiger partial charge in [-0.05, 0) is 44.7 Å². The second-order valence-corrected chi connectivity index (χ2v) is 8.11. The van der Waals surface area contributed by atoms with Crippen molar-refractivity contribution in [2.45, 2.75) is 38.5 Å². The molecule has 1 amide bonds. The average Bonchev–Trinajstić information content (AvgIpc) is 3.43. The second-order valence-electron chi connectivity index (χ2n) is 8.11. The molecule has 0 aliphatic carbocycles. The molecule has 5 heterocycles. The van der Waals surface area contributed by atoms with Crippen LogP contribution in [0.4, 0.5) is 6.01 Å². The van der Waals surface area contributed by atoms with Crippen LogP contribution in [0.3, 0.4) is 0 Å². The molecular weight excluding hydrogens is 368 g/mol. The third kappa shape index (κ3) is 3.59. The normalized spacial score (nSPS) is 19.2. The number of carbonyl (C=O) groups is 1. The van der Waals surface area contributed by atoms with E-state index in [2.05, 4.69) is 24.8 Å². The van der Waals surface area contributed by atoms with Crippen LogP contribution in [0.15, 0.2) is 28.9 Å². The molecule has 1 N–H and O–H groups in total. The number of likely N-dealkylation sites (tertiary alicyclic amines) is 1. The minimum atomic E-state index is 0.0937. The van der Waals surface area contributed by atoms with E-state index in [-0.39, 0.29) is 5.92 Å². The van der Waals surface area contributed by atoms with Crippen LogP contribution >= 0.6 is 0 Å². The van der Waals surface area contributed by atoms with Crippen LogP contribution < -0.4 is 4.90 Å². The molecule has 3 aromatic heterocycles. The standard InChI is InChI=1S/C21H26N6O2/c1-14-2-3-17-19(24-14)25-21(29-17)27-12-6-16(7-13-27)20(28)26-10-4-15(5-11-26)18-22-8-9-23-18/h2-3,8-9,15-16H,4-7,10-13H2,1H3,(H,22,23). The van der Waals surface area contributed by atoms with Gasteiger partial charge in [-0.15, -0.1) is 0 Å². The number of H-pyrrole nitrogens is 1. The van der Waals surface area contributed by atoms with Crippen molar-refractivity contribution >= 4 is 23.2 Å². The van der Waals surface area contributed by atoms with Gasteiger partial charge in [0.05, 0.1) is 0 Å². The fourth-order valence-corrected chi connectivity index (χ4v) is 4.49. The summed E-state index contributed by atoms with van der Waals surface area (Å²) in [6.07, 6.45) is 7.30. The van der Waals surface area contributed by atoms with Crippen molar-refractivity contribution in [3.8, 4) is 0 Å². The summed E-state index contributed by atoms with van der Waals surface area (Å²) in [5.41, 5.74) is 2.29. The largest absolute Gasteiger partial charge is 0.422 e. The topological polar surface area (TPSA) is 91.2 Å². The minimum absolute atomic E-state index is 0.0937. The molecule has 5 rings (SSSR count). The van der Waals surface area contributed by atoms with Gasteiger partial charge in [-0.3, -0.25) is 4.79 Å². The van der Waals surface area contributed by atoms with Gasteiger partial charge < -0.3 is 19.2 Å². The highest BCUT2D eigenvalue weighted by Crippen LogP contribution is 2.30. The number of oxazole rings is 1. The first-order valence-electron chi connectivity index (χ1n) is 10.4. The lowest BCUT2D eigenvalue weighted by Crippen LogP contribution is -2.45. The van der Waals surface area contributed by atoms with Crippen LogP contribution in [0, 0.1) is 12.8 Å². The Labute approximate surface area is 169 Å². The Hall–Kier alpha value is -2.90. The molecule has 2 fully saturated rings. The number of nitrogens with zero attached hydrogens (tertiary/aromatic N) is 5. The Morgan fingerprint density at radius 1 is 1.10 bits per heavy atom. The molecular formula is C21H26N6O2. The third-order valence-electron chi connectivity index (χ3n) is 6.21. The molecule has 3 aromatic rings. The minimum Gasteiger partial charge on any atom is -0.422 e. The number of imidazole rings is 1. The number of hydrogen-bond donors (Lipinski definition) is 1. The predicted molar refractivity (Wildman–Crippen MR) is 109 cm³/mol. The first kappa shape index (κ1) is 18.1. The first-order valence-corrected chi connectivity index (χ1v) is 10.4. The summed E-state index contributed by atoms with van der Waals surface area (Å²) in [7, 11) is 0. The highest BCUT2D eigenvalue weighted by molar-refractivity contribution is 5.79. The third-order valence-corrected chi connectivity index (χ3v) is 6.21. The summed E-state index contributed by atoms with van der Waals surface area (Å²) in [4.78, 5) is 33.7. The maximum absolute atomic E-state index is 13.0. The Morgan fingerprint density at radius 2 is 1.90 bits per heavy atom. The number of nitrogens with one attached hydrogen (secondary N) is 1. The number of aromatic nitrogens is 4. The lowest BCUT2D eigenvalue weighted by molar-refractivity contribution is -0.137. The van der Waals surface area contributed by atoms with Crippen LogP contribution in [0.5, 0.6) is 0 Å². The number of fused-ring (bicyclic) bond motifs is 1. The van der Waals surface area contributed by atoms with Crippen molar-refractivity contribution in [2.75, 3.05) is 31.1 Å². The Morgan fingerprint density at radius 3 is 2.62 bits per heavy atom. The molecule has 0 atom stereocenters. The molecule has 8 heteroatoms. The molecule has 152 valence electrons. The Bertz CT molecular complexity index is 982. The molecule has 0 aromatic carbocycles. The van der Waals surface area contributed by atoms with E-state index in [1.807, 2.05) is 30.2 Å². The smallest absolute Gasteiger partial charge is 0.299 e. The van der Waals surface area contributed by atoms with Crippen LogP contribution in [0.1, 0.15) is 43.1 Å². The van der Waals surface area contributed by atoms with Gasteiger partial charge in [0.25, 0.3) is 6.01 Å². The number of anilines is 1. The van der Waals surface area contributed by atoms with Crippen LogP contribution in [-0.2, 0) is 4.79 Å². The molecule has 0 bridgehead atoms. The fraction of sp³-hybridized carbons (Fsp3) is 0.524. The van der Waals surface area contributed by atoms with Gasteiger partial charge in [-0.2, -0.15) is 4.98 Å². The second kappa shape index (κ2) is 7.50. The van der Waals surface area contributed by atoms with E-state index >= 15 is 0 Å². The maximum Gasteiger partial charge on any atom is 0.299 e. The molecule has 2 aliphatic rings. The number of carbonyl (C=O) groups excluding carboxylic acids is 1. The van der Waals surface area contributed by atoms with E-state index < -0.39 is 0 Å². The Kier molecular flexibility index (Phi) is 4.69. The number of amides is 1. The molecule has 8 nitrogen and oxygen atoms in total. The van der Waals surface area contributed by atoms with Crippen molar-refractivity contribution in [1.29, 1.82) is 0 Å². The SMILES string of the molecule is Cc1ccc2oc(N3CCC(C(=O)N4CCC(c5ncc[nH]5)CC4)CC3)nc2n1. The van der Waals surface area contributed by atoms with E-state index in [0.717, 1.165) is 63.4 Å². The first-order chi connectivity index (χ1) is 14.2. The molecule has 2 saturated heterocycles.